The average Bonchev–Trinajstić information content (AvgIpc) is 3.03. The molecule has 148 valence electrons. The molecule has 3 rings (SSSR count). The van der Waals surface area contributed by atoms with Gasteiger partial charge >= 0.3 is 0 Å². The molecule has 0 aliphatic heterocycles. The number of nitrogen functional groups attached to an aromatic ring is 1. The highest BCUT2D eigenvalue weighted by atomic mass is 35.5. The summed E-state index contributed by atoms with van der Waals surface area (Å²) < 4.78 is 2.06. The molecule has 0 aromatic carbocycles. The molecule has 0 fully saturated rings. The lowest BCUT2D eigenvalue weighted by atomic mass is 10.0. The summed E-state index contributed by atoms with van der Waals surface area (Å²) in [5, 5.41) is 1.29. The van der Waals surface area contributed by atoms with Crippen LogP contribution in [0.1, 0.15) is 62.6 Å². The van der Waals surface area contributed by atoms with E-state index in [1.165, 1.54) is 16.7 Å². The van der Waals surface area contributed by atoms with Crippen LogP contribution in [0.5, 0.6) is 0 Å². The number of nitrogens with two attached hydrogens (primary N) is 1. The van der Waals surface area contributed by atoms with Crippen LogP contribution in [0.25, 0.3) is 11.0 Å². The summed E-state index contributed by atoms with van der Waals surface area (Å²) in [6.07, 6.45) is 4.84. The Balaban J connectivity index is 0.000000855. The fourth-order valence-electron chi connectivity index (χ4n) is 2.83. The van der Waals surface area contributed by atoms with Crippen LogP contribution in [-0.4, -0.2) is 19.5 Å². The van der Waals surface area contributed by atoms with E-state index in [0.717, 1.165) is 28.7 Å². The van der Waals surface area contributed by atoms with E-state index in [1.54, 1.807) is 0 Å². The fraction of sp³-hybridized carbons (Fsp3) is 0.476. The molecule has 0 bridgehead atoms. The number of pyridine rings is 1. The van der Waals surface area contributed by atoms with Crippen molar-refractivity contribution >= 4 is 28.6 Å². The van der Waals surface area contributed by atoms with Crippen LogP contribution in [0.3, 0.4) is 0 Å². The number of hydrogen-bond donors (Lipinski definition) is 1. The quantitative estimate of drug-likeness (QED) is 0.587. The average molecular weight is 390 g/mol. The molecule has 3 heterocycles. The molecule has 0 saturated carbocycles. The molecule has 0 saturated heterocycles. The minimum absolute atomic E-state index is 0.189. The summed E-state index contributed by atoms with van der Waals surface area (Å²) in [7, 11) is 0. The molecule has 0 radical (unpaired) electrons. The Hall–Kier alpha value is -2.14. The summed E-state index contributed by atoms with van der Waals surface area (Å²) in [6, 6.07) is 0. The standard InChI is InChI=1S/C17H20ClN5.2C2H6/c1-5-12-7-23(16-14(12)15(18)21-17(19)22-16)8-13-11(4)10(3)9(2)6-20-13;2*1-2/h6-7H,5,8H2,1-4H3,(H2,19,21,22);2*1-2H3. The summed E-state index contributed by atoms with van der Waals surface area (Å²) in [5.74, 6) is 0.189. The van der Waals surface area contributed by atoms with Crippen molar-refractivity contribution in [3.05, 3.63) is 45.5 Å². The van der Waals surface area contributed by atoms with Crippen LogP contribution in [-0.2, 0) is 13.0 Å². The number of rotatable bonds is 3. The third kappa shape index (κ3) is 4.78. The maximum Gasteiger partial charge on any atom is 0.223 e. The van der Waals surface area contributed by atoms with Gasteiger partial charge in [-0.25, -0.2) is 4.98 Å². The van der Waals surface area contributed by atoms with Gasteiger partial charge < -0.3 is 10.3 Å². The van der Waals surface area contributed by atoms with E-state index in [0.29, 0.717) is 11.7 Å². The van der Waals surface area contributed by atoms with E-state index in [9.17, 15) is 0 Å². The molecule has 6 heteroatoms. The Kier molecular flexibility index (Phi) is 8.70. The zero-order valence-electron chi connectivity index (χ0n) is 17.8. The van der Waals surface area contributed by atoms with Crippen LogP contribution in [0.4, 0.5) is 5.95 Å². The number of anilines is 1. The third-order valence-electron chi connectivity index (χ3n) is 4.47. The first kappa shape index (κ1) is 22.9. The van der Waals surface area contributed by atoms with Crippen LogP contribution < -0.4 is 5.73 Å². The van der Waals surface area contributed by atoms with Gasteiger partial charge in [0.25, 0.3) is 0 Å². The highest BCUT2D eigenvalue weighted by Gasteiger charge is 2.16. The molecule has 0 aliphatic rings. The number of aryl methyl sites for hydroxylation is 2. The SMILES string of the molecule is CC.CC.CCc1cn(Cc2ncc(C)c(C)c2C)c2nc(N)nc(Cl)c12. The third-order valence-corrected chi connectivity index (χ3v) is 4.74. The highest BCUT2D eigenvalue weighted by molar-refractivity contribution is 6.34. The maximum atomic E-state index is 6.28. The number of aromatic nitrogens is 4. The first-order valence-corrected chi connectivity index (χ1v) is 10.0. The molecular weight excluding hydrogens is 358 g/mol. The van der Waals surface area contributed by atoms with Crippen molar-refractivity contribution in [3.8, 4) is 0 Å². The molecule has 0 amide bonds. The molecule has 2 N–H and O–H groups in total. The normalized spacial score (nSPS) is 10.1. The molecule has 0 unspecified atom stereocenters. The second-order valence-electron chi connectivity index (χ2n) is 5.84. The smallest absolute Gasteiger partial charge is 0.223 e. The molecule has 5 nitrogen and oxygen atoms in total. The lowest BCUT2D eigenvalue weighted by Crippen LogP contribution is -2.06. The van der Waals surface area contributed by atoms with Crippen LogP contribution in [0, 0.1) is 20.8 Å². The number of fused-ring (bicyclic) bond motifs is 1. The number of hydrogen-bond acceptors (Lipinski definition) is 4. The van der Waals surface area contributed by atoms with Gasteiger partial charge in [0.15, 0.2) is 0 Å². The molecular formula is C21H32ClN5. The van der Waals surface area contributed by atoms with Crippen molar-refractivity contribution in [2.45, 2.75) is 68.4 Å². The Labute approximate surface area is 168 Å². The maximum absolute atomic E-state index is 6.28. The van der Waals surface area contributed by atoms with E-state index < -0.39 is 0 Å². The summed E-state index contributed by atoms with van der Waals surface area (Å²) in [5.41, 5.74) is 12.4. The van der Waals surface area contributed by atoms with E-state index in [2.05, 4.69) is 53.4 Å². The monoisotopic (exact) mass is 389 g/mol. The Morgan fingerprint density at radius 3 is 2.26 bits per heavy atom. The molecule has 3 aromatic rings. The summed E-state index contributed by atoms with van der Waals surface area (Å²) in [6.45, 7) is 17.0. The van der Waals surface area contributed by atoms with Gasteiger partial charge in [-0.15, -0.1) is 0 Å². The van der Waals surface area contributed by atoms with Gasteiger partial charge in [-0.3, -0.25) is 4.98 Å². The summed E-state index contributed by atoms with van der Waals surface area (Å²) in [4.78, 5) is 13.1. The Morgan fingerprint density at radius 2 is 1.67 bits per heavy atom. The lowest BCUT2D eigenvalue weighted by molar-refractivity contribution is 0.782. The Morgan fingerprint density at radius 1 is 1.04 bits per heavy atom. The molecule has 0 aliphatic carbocycles. The zero-order valence-corrected chi connectivity index (χ0v) is 18.6. The van der Waals surface area contributed by atoms with Gasteiger partial charge in [-0.05, 0) is 49.4 Å². The fourth-order valence-corrected chi connectivity index (χ4v) is 3.12. The van der Waals surface area contributed by atoms with E-state index in [4.69, 9.17) is 17.3 Å². The largest absolute Gasteiger partial charge is 0.368 e. The second-order valence-corrected chi connectivity index (χ2v) is 6.20. The van der Waals surface area contributed by atoms with Crippen LogP contribution in [0.2, 0.25) is 5.15 Å². The van der Waals surface area contributed by atoms with Gasteiger partial charge in [0, 0.05) is 12.4 Å². The van der Waals surface area contributed by atoms with Crippen molar-refractivity contribution in [2.75, 3.05) is 5.73 Å². The van der Waals surface area contributed by atoms with Crippen molar-refractivity contribution in [3.63, 3.8) is 0 Å². The highest BCUT2D eigenvalue weighted by Crippen LogP contribution is 2.28. The minimum atomic E-state index is 0.189. The topological polar surface area (TPSA) is 69.6 Å². The molecule has 0 atom stereocenters. The molecule has 27 heavy (non-hydrogen) atoms. The first-order valence-electron chi connectivity index (χ1n) is 9.64. The molecule has 3 aromatic heterocycles. The van der Waals surface area contributed by atoms with Crippen molar-refractivity contribution < 1.29 is 0 Å². The van der Waals surface area contributed by atoms with Crippen molar-refractivity contribution in [1.82, 2.24) is 19.5 Å². The van der Waals surface area contributed by atoms with E-state index in [-0.39, 0.29) is 5.95 Å². The lowest BCUT2D eigenvalue weighted by Gasteiger charge is -2.11. The predicted molar refractivity (Wildman–Crippen MR) is 117 cm³/mol. The molecule has 0 spiro atoms. The van der Waals surface area contributed by atoms with Crippen LogP contribution >= 0.6 is 11.6 Å². The summed E-state index contributed by atoms with van der Waals surface area (Å²) >= 11 is 6.28. The van der Waals surface area contributed by atoms with E-state index in [1.807, 2.05) is 33.9 Å². The van der Waals surface area contributed by atoms with Gasteiger partial charge in [0.1, 0.15) is 10.8 Å². The van der Waals surface area contributed by atoms with Crippen LogP contribution in [0.15, 0.2) is 12.4 Å². The van der Waals surface area contributed by atoms with Gasteiger partial charge in [0.05, 0.1) is 17.6 Å². The van der Waals surface area contributed by atoms with Crippen molar-refractivity contribution in [2.24, 2.45) is 0 Å². The number of halogens is 1. The van der Waals surface area contributed by atoms with Gasteiger partial charge in [-0.2, -0.15) is 4.98 Å². The van der Waals surface area contributed by atoms with Gasteiger partial charge in [0.2, 0.25) is 5.95 Å². The minimum Gasteiger partial charge on any atom is -0.368 e. The van der Waals surface area contributed by atoms with Crippen molar-refractivity contribution in [1.29, 1.82) is 0 Å². The van der Waals surface area contributed by atoms with Gasteiger partial charge in [-0.1, -0.05) is 46.2 Å². The zero-order chi connectivity index (χ0) is 20.7. The predicted octanol–water partition coefficient (Wildman–Crippen LogP) is 5.65. The van der Waals surface area contributed by atoms with E-state index >= 15 is 0 Å². The Bertz CT molecular complexity index is 899. The first-order chi connectivity index (χ1) is 12.9. The number of nitrogens with zero attached hydrogens (tertiary/aromatic N) is 4. The second kappa shape index (κ2) is 10.3.